The lowest BCUT2D eigenvalue weighted by Crippen LogP contribution is -2.71. The summed E-state index contributed by atoms with van der Waals surface area (Å²) in [5.74, 6) is 0.124. The van der Waals surface area contributed by atoms with Crippen molar-refractivity contribution in [3.05, 3.63) is 0 Å². The fourth-order valence-electron chi connectivity index (χ4n) is 5.50. The van der Waals surface area contributed by atoms with E-state index in [-0.39, 0.29) is 12.0 Å². The van der Waals surface area contributed by atoms with Crippen LogP contribution in [0, 0.1) is 11.3 Å². The molecule has 8 atom stereocenters. The van der Waals surface area contributed by atoms with E-state index in [1.54, 1.807) is 0 Å². The van der Waals surface area contributed by atoms with Gasteiger partial charge in [-0.1, -0.05) is 33.1 Å². The second kappa shape index (κ2) is 7.85. The van der Waals surface area contributed by atoms with Gasteiger partial charge in [0.25, 0.3) is 0 Å². The molecule has 0 spiro atoms. The lowest BCUT2D eigenvalue weighted by molar-refractivity contribution is -0.290. The molecule has 5 N–H and O–H groups in total. The van der Waals surface area contributed by atoms with Crippen LogP contribution in [0.1, 0.15) is 58.8 Å². The van der Waals surface area contributed by atoms with Gasteiger partial charge in [0.05, 0.1) is 6.61 Å². The molecular weight excluding hydrogens is 354 g/mol. The number of ether oxygens (including phenoxy) is 1. The van der Waals surface area contributed by atoms with Crippen LogP contribution in [0.25, 0.3) is 0 Å². The topological polar surface area (TPSA) is 102 Å². The van der Waals surface area contributed by atoms with Crippen LogP contribution >= 0.6 is 12.6 Å². The molecule has 6 nitrogen and oxygen atoms in total. The van der Waals surface area contributed by atoms with Gasteiger partial charge < -0.3 is 30.5 Å². The summed E-state index contributed by atoms with van der Waals surface area (Å²) in [5.41, 5.74) is -3.32. The lowest BCUT2D eigenvalue weighted by Gasteiger charge is -2.55. The molecule has 1 aliphatic heterocycles. The first kappa shape index (κ1) is 20.8. The summed E-state index contributed by atoms with van der Waals surface area (Å²) in [5, 5.41) is 45.7. The van der Waals surface area contributed by atoms with Crippen molar-refractivity contribution >= 4 is 12.6 Å². The van der Waals surface area contributed by atoms with Crippen LogP contribution in [-0.2, 0) is 4.74 Å². The molecule has 3 fully saturated rings. The fourth-order valence-corrected chi connectivity index (χ4v) is 6.11. The maximum atomic E-state index is 11.5. The van der Waals surface area contributed by atoms with Crippen molar-refractivity contribution < 1.29 is 25.2 Å². The van der Waals surface area contributed by atoms with E-state index in [2.05, 4.69) is 24.9 Å². The first-order valence-electron chi connectivity index (χ1n) is 10.0. The largest absolute Gasteiger partial charge is 0.394 e. The third-order valence-corrected chi connectivity index (χ3v) is 7.92. The standard InChI is InChI=1S/C19H35NO5S/c1-11-8-13(20-12-6-4-3-5-7-12)9-18(11,2)19(24)16(23)15(22)14(10-21)25-17(19)26/h11-17,20-24,26H,3-10H2,1-2H3/t11?,13?,14-,15+,16+,17+,18?,19-/m1/s1. The van der Waals surface area contributed by atoms with Gasteiger partial charge in [-0.15, -0.1) is 12.6 Å². The highest BCUT2D eigenvalue weighted by atomic mass is 32.1. The van der Waals surface area contributed by atoms with Crippen LogP contribution < -0.4 is 5.32 Å². The van der Waals surface area contributed by atoms with Gasteiger partial charge in [0.1, 0.15) is 29.3 Å². The Morgan fingerprint density at radius 3 is 2.42 bits per heavy atom. The fraction of sp³-hybridized carbons (Fsp3) is 1.00. The molecule has 3 rings (SSSR count). The summed E-state index contributed by atoms with van der Waals surface area (Å²) in [6, 6.07) is 0.796. The van der Waals surface area contributed by atoms with Gasteiger partial charge in [0.15, 0.2) is 0 Å². The van der Waals surface area contributed by atoms with E-state index in [0.717, 1.165) is 6.42 Å². The average molecular weight is 390 g/mol. The van der Waals surface area contributed by atoms with Crippen molar-refractivity contribution in [3.63, 3.8) is 0 Å². The van der Waals surface area contributed by atoms with Gasteiger partial charge in [-0.25, -0.2) is 0 Å². The molecule has 152 valence electrons. The molecule has 3 aliphatic rings. The molecule has 2 aliphatic carbocycles. The number of aliphatic hydroxyl groups is 4. The van der Waals surface area contributed by atoms with E-state index in [9.17, 15) is 20.4 Å². The van der Waals surface area contributed by atoms with Crippen LogP contribution in [0.15, 0.2) is 0 Å². The number of aliphatic hydroxyl groups excluding tert-OH is 3. The number of rotatable bonds is 4. The molecule has 0 radical (unpaired) electrons. The van der Waals surface area contributed by atoms with E-state index >= 15 is 0 Å². The molecule has 26 heavy (non-hydrogen) atoms. The smallest absolute Gasteiger partial charge is 0.134 e. The first-order valence-corrected chi connectivity index (χ1v) is 10.5. The molecule has 0 aromatic carbocycles. The maximum absolute atomic E-state index is 11.5. The molecular formula is C19H35NO5S. The number of nitrogens with one attached hydrogen (secondary N) is 1. The molecule has 0 aromatic heterocycles. The molecule has 1 saturated heterocycles. The van der Waals surface area contributed by atoms with Gasteiger partial charge in [0.2, 0.25) is 0 Å². The number of thiol groups is 1. The average Bonchev–Trinajstić information content (AvgIpc) is 2.92. The minimum absolute atomic E-state index is 0.124. The minimum Gasteiger partial charge on any atom is -0.394 e. The summed E-state index contributed by atoms with van der Waals surface area (Å²) in [6.07, 6.45) is 4.13. The van der Waals surface area contributed by atoms with Crippen LogP contribution in [0.2, 0.25) is 0 Å². The first-order chi connectivity index (χ1) is 12.2. The predicted molar refractivity (Wildman–Crippen MR) is 102 cm³/mol. The Balaban J connectivity index is 1.77. The Morgan fingerprint density at radius 2 is 1.81 bits per heavy atom. The summed E-state index contributed by atoms with van der Waals surface area (Å²) >= 11 is 4.41. The molecule has 0 bridgehead atoms. The quantitative estimate of drug-likeness (QED) is 0.398. The van der Waals surface area contributed by atoms with E-state index in [1.165, 1.54) is 32.1 Å². The Kier molecular flexibility index (Phi) is 6.29. The van der Waals surface area contributed by atoms with Gasteiger partial charge in [-0.05, 0) is 31.6 Å². The highest BCUT2D eigenvalue weighted by Crippen LogP contribution is 2.56. The summed E-state index contributed by atoms with van der Waals surface area (Å²) in [4.78, 5) is 0. The molecule has 2 saturated carbocycles. The zero-order valence-electron chi connectivity index (χ0n) is 15.8. The second-order valence-electron chi connectivity index (χ2n) is 8.93. The Labute approximate surface area is 161 Å². The van der Waals surface area contributed by atoms with Gasteiger partial charge in [-0.2, -0.15) is 0 Å². The van der Waals surface area contributed by atoms with Crippen molar-refractivity contribution in [1.82, 2.24) is 5.32 Å². The summed E-state index contributed by atoms with van der Waals surface area (Å²) in [6.45, 7) is 3.61. The number of hydrogen-bond donors (Lipinski definition) is 6. The van der Waals surface area contributed by atoms with Crippen LogP contribution in [0.3, 0.4) is 0 Å². The van der Waals surface area contributed by atoms with Crippen LogP contribution in [0.5, 0.6) is 0 Å². The molecule has 0 amide bonds. The van der Waals surface area contributed by atoms with Gasteiger partial charge >= 0.3 is 0 Å². The Hall–Kier alpha value is 0.110. The SMILES string of the molecule is CC1CC(NC2CCCCC2)CC1(C)[C@]1(O)[C@H](S)O[C@H](CO)[C@H](O)[C@@H]1O. The molecule has 1 heterocycles. The van der Waals surface area contributed by atoms with Crippen molar-refractivity contribution in [1.29, 1.82) is 0 Å². The highest BCUT2D eigenvalue weighted by Gasteiger charge is 2.65. The normalized spacial score (nSPS) is 50.9. The monoisotopic (exact) mass is 389 g/mol. The molecule has 3 unspecified atom stereocenters. The third-order valence-electron chi connectivity index (χ3n) is 7.40. The van der Waals surface area contributed by atoms with Crippen molar-refractivity contribution in [2.75, 3.05) is 6.61 Å². The Morgan fingerprint density at radius 1 is 1.15 bits per heavy atom. The van der Waals surface area contributed by atoms with E-state index in [4.69, 9.17) is 4.74 Å². The van der Waals surface area contributed by atoms with E-state index in [0.29, 0.717) is 12.5 Å². The lowest BCUT2D eigenvalue weighted by atomic mass is 9.62. The zero-order valence-corrected chi connectivity index (χ0v) is 16.7. The predicted octanol–water partition coefficient (Wildman–Crippen LogP) is 0.813. The van der Waals surface area contributed by atoms with Crippen molar-refractivity contribution in [3.8, 4) is 0 Å². The molecule has 7 heteroatoms. The summed E-state index contributed by atoms with van der Waals surface area (Å²) in [7, 11) is 0. The Bertz CT molecular complexity index is 491. The van der Waals surface area contributed by atoms with E-state index in [1.807, 2.05) is 6.92 Å². The van der Waals surface area contributed by atoms with E-state index < -0.39 is 41.4 Å². The minimum atomic E-state index is -1.69. The third kappa shape index (κ3) is 3.34. The van der Waals surface area contributed by atoms with Gasteiger partial charge in [0, 0.05) is 17.5 Å². The number of hydrogen-bond acceptors (Lipinski definition) is 7. The molecule has 0 aromatic rings. The van der Waals surface area contributed by atoms with Crippen LogP contribution in [0.4, 0.5) is 0 Å². The van der Waals surface area contributed by atoms with Crippen molar-refractivity contribution in [2.45, 2.75) is 100 Å². The van der Waals surface area contributed by atoms with Crippen LogP contribution in [-0.4, -0.2) is 68.5 Å². The summed E-state index contributed by atoms with van der Waals surface area (Å²) < 4.78 is 5.58. The van der Waals surface area contributed by atoms with Crippen molar-refractivity contribution in [2.24, 2.45) is 11.3 Å². The zero-order chi connectivity index (χ0) is 19.1. The second-order valence-corrected chi connectivity index (χ2v) is 9.40. The van der Waals surface area contributed by atoms with Gasteiger partial charge in [-0.3, -0.25) is 0 Å². The maximum Gasteiger partial charge on any atom is 0.134 e. The highest BCUT2D eigenvalue weighted by molar-refractivity contribution is 7.80.